The second-order valence-corrected chi connectivity index (χ2v) is 6.69. The second-order valence-electron chi connectivity index (χ2n) is 6.69. The molecule has 0 saturated carbocycles. The topological polar surface area (TPSA) is 72.0 Å². The zero-order valence-electron chi connectivity index (χ0n) is 15.3. The summed E-state index contributed by atoms with van der Waals surface area (Å²) in [7, 11) is 3.20. The molecule has 0 radical (unpaired) electrons. The molecule has 1 saturated heterocycles. The van der Waals surface area contributed by atoms with Crippen molar-refractivity contribution in [2.45, 2.75) is 12.5 Å². The lowest BCUT2D eigenvalue weighted by atomic mass is 9.90. The summed E-state index contributed by atoms with van der Waals surface area (Å²) in [5.74, 6) is 1.09. The van der Waals surface area contributed by atoms with Gasteiger partial charge in [0.05, 0.1) is 25.8 Å². The number of aromatic nitrogens is 1. The standard InChI is InChI=1S/C20H21N3O4/c1-26-17-8-13-5-7-23-16(15(13)9-18(17)27-2)11-22(12-19(23)24)20(25)14-4-3-6-21-10-14/h3-4,6,8-10,16H,5,7,11-12H2,1-2H3/t16-/m0/s1. The first kappa shape index (κ1) is 17.3. The number of amides is 2. The van der Waals surface area contributed by atoms with Gasteiger partial charge in [0.15, 0.2) is 11.5 Å². The van der Waals surface area contributed by atoms with Gasteiger partial charge in [0.2, 0.25) is 5.91 Å². The van der Waals surface area contributed by atoms with Crippen LogP contribution in [0.2, 0.25) is 0 Å². The molecule has 1 aromatic heterocycles. The van der Waals surface area contributed by atoms with E-state index in [0.29, 0.717) is 30.2 Å². The fraction of sp³-hybridized carbons (Fsp3) is 0.350. The van der Waals surface area contributed by atoms with Crippen molar-refractivity contribution in [1.29, 1.82) is 0 Å². The first-order valence-electron chi connectivity index (χ1n) is 8.86. The van der Waals surface area contributed by atoms with Crippen molar-refractivity contribution in [3.63, 3.8) is 0 Å². The predicted octanol–water partition coefficient (Wildman–Crippen LogP) is 1.68. The van der Waals surface area contributed by atoms with Crippen LogP contribution in [0.3, 0.4) is 0 Å². The van der Waals surface area contributed by atoms with Crippen molar-refractivity contribution >= 4 is 11.8 Å². The molecule has 27 heavy (non-hydrogen) atoms. The minimum absolute atomic E-state index is 0.0380. The molecule has 1 aromatic carbocycles. The molecular weight excluding hydrogens is 346 g/mol. The molecule has 2 aliphatic rings. The zero-order valence-corrected chi connectivity index (χ0v) is 15.3. The van der Waals surface area contributed by atoms with Crippen LogP contribution in [0.4, 0.5) is 0 Å². The van der Waals surface area contributed by atoms with E-state index in [2.05, 4.69) is 4.98 Å². The quantitative estimate of drug-likeness (QED) is 0.825. The van der Waals surface area contributed by atoms with Crippen molar-refractivity contribution in [2.75, 3.05) is 33.9 Å². The summed E-state index contributed by atoms with van der Waals surface area (Å²) in [4.78, 5) is 33.0. The van der Waals surface area contributed by atoms with E-state index in [1.165, 1.54) is 6.20 Å². The highest BCUT2D eigenvalue weighted by atomic mass is 16.5. The molecule has 140 valence electrons. The number of nitrogens with zero attached hydrogens (tertiary/aromatic N) is 3. The number of methoxy groups -OCH3 is 2. The molecule has 3 heterocycles. The van der Waals surface area contributed by atoms with E-state index in [1.54, 1.807) is 37.4 Å². The Morgan fingerprint density at radius 1 is 1.22 bits per heavy atom. The summed E-state index contributed by atoms with van der Waals surface area (Å²) in [5.41, 5.74) is 2.62. The lowest BCUT2D eigenvalue weighted by molar-refractivity contribution is -0.139. The first-order chi connectivity index (χ1) is 13.1. The Hall–Kier alpha value is -3.09. The van der Waals surface area contributed by atoms with Crippen LogP contribution in [0.5, 0.6) is 11.5 Å². The van der Waals surface area contributed by atoms with Crippen molar-refractivity contribution in [2.24, 2.45) is 0 Å². The average molecular weight is 367 g/mol. The smallest absolute Gasteiger partial charge is 0.255 e. The number of ether oxygens (including phenoxy) is 2. The maximum absolute atomic E-state index is 12.8. The minimum atomic E-state index is -0.185. The predicted molar refractivity (Wildman–Crippen MR) is 97.8 cm³/mol. The summed E-state index contributed by atoms with van der Waals surface area (Å²) in [6.45, 7) is 1.18. The third kappa shape index (κ3) is 2.99. The molecular formula is C20H21N3O4. The van der Waals surface area contributed by atoms with Gasteiger partial charge in [0, 0.05) is 25.5 Å². The van der Waals surface area contributed by atoms with Crippen LogP contribution in [0.25, 0.3) is 0 Å². The van der Waals surface area contributed by atoms with Gasteiger partial charge in [-0.25, -0.2) is 0 Å². The van der Waals surface area contributed by atoms with Gasteiger partial charge in [-0.3, -0.25) is 14.6 Å². The van der Waals surface area contributed by atoms with E-state index in [-0.39, 0.29) is 24.4 Å². The van der Waals surface area contributed by atoms with Crippen LogP contribution in [0.1, 0.15) is 27.5 Å². The number of fused-ring (bicyclic) bond motifs is 3. The zero-order chi connectivity index (χ0) is 19.0. The molecule has 1 fully saturated rings. The van der Waals surface area contributed by atoms with E-state index in [9.17, 15) is 9.59 Å². The number of carbonyl (C=O) groups is 2. The number of piperazine rings is 1. The maximum Gasteiger partial charge on any atom is 0.255 e. The molecule has 7 nitrogen and oxygen atoms in total. The highest BCUT2D eigenvalue weighted by Gasteiger charge is 2.39. The van der Waals surface area contributed by atoms with Crippen LogP contribution >= 0.6 is 0 Å². The summed E-state index contributed by atoms with van der Waals surface area (Å²) in [6.07, 6.45) is 3.91. The van der Waals surface area contributed by atoms with Crippen molar-refractivity contribution in [3.8, 4) is 11.5 Å². The van der Waals surface area contributed by atoms with Gasteiger partial charge in [-0.05, 0) is 41.8 Å². The number of pyridine rings is 1. The monoisotopic (exact) mass is 367 g/mol. The van der Waals surface area contributed by atoms with Crippen molar-refractivity contribution in [3.05, 3.63) is 53.3 Å². The molecule has 2 aromatic rings. The normalized spacial score (nSPS) is 18.6. The van der Waals surface area contributed by atoms with Crippen LogP contribution in [0, 0.1) is 0 Å². The number of carbonyl (C=O) groups excluding carboxylic acids is 2. The Balaban J connectivity index is 1.68. The largest absolute Gasteiger partial charge is 0.493 e. The van der Waals surface area contributed by atoms with Crippen molar-refractivity contribution < 1.29 is 19.1 Å². The summed E-state index contributed by atoms with van der Waals surface area (Å²) >= 11 is 0. The summed E-state index contributed by atoms with van der Waals surface area (Å²) < 4.78 is 10.8. The molecule has 2 aliphatic heterocycles. The van der Waals surface area contributed by atoms with E-state index in [1.807, 2.05) is 17.0 Å². The molecule has 0 spiro atoms. The third-order valence-electron chi connectivity index (χ3n) is 5.24. The number of rotatable bonds is 3. The van der Waals surface area contributed by atoms with Crippen LogP contribution in [-0.4, -0.2) is 60.5 Å². The van der Waals surface area contributed by atoms with Crippen LogP contribution in [-0.2, 0) is 11.2 Å². The molecule has 4 rings (SSSR count). The van der Waals surface area contributed by atoms with Crippen LogP contribution < -0.4 is 9.47 Å². The number of hydrogen-bond acceptors (Lipinski definition) is 5. The molecule has 0 aliphatic carbocycles. The molecule has 0 unspecified atom stereocenters. The molecule has 0 N–H and O–H groups in total. The first-order valence-corrected chi connectivity index (χ1v) is 8.86. The fourth-order valence-corrected chi connectivity index (χ4v) is 3.88. The second kappa shape index (κ2) is 6.90. The lowest BCUT2D eigenvalue weighted by Crippen LogP contribution is -2.55. The van der Waals surface area contributed by atoms with Gasteiger partial charge in [0.25, 0.3) is 5.91 Å². The average Bonchev–Trinajstić information content (AvgIpc) is 2.72. The van der Waals surface area contributed by atoms with Gasteiger partial charge in [-0.2, -0.15) is 0 Å². The Morgan fingerprint density at radius 2 is 2.00 bits per heavy atom. The lowest BCUT2D eigenvalue weighted by Gasteiger charge is -2.44. The summed E-state index contributed by atoms with van der Waals surface area (Å²) in [5, 5.41) is 0. The van der Waals surface area contributed by atoms with Crippen LogP contribution in [0.15, 0.2) is 36.7 Å². The number of hydrogen-bond donors (Lipinski definition) is 0. The van der Waals surface area contributed by atoms with Crippen molar-refractivity contribution in [1.82, 2.24) is 14.8 Å². The third-order valence-corrected chi connectivity index (χ3v) is 5.24. The van der Waals surface area contributed by atoms with E-state index in [0.717, 1.165) is 17.5 Å². The highest BCUT2D eigenvalue weighted by Crippen LogP contribution is 2.39. The number of benzene rings is 1. The fourth-order valence-electron chi connectivity index (χ4n) is 3.88. The molecule has 1 atom stereocenters. The van der Waals surface area contributed by atoms with Gasteiger partial charge < -0.3 is 19.3 Å². The van der Waals surface area contributed by atoms with Gasteiger partial charge in [0.1, 0.15) is 6.54 Å². The Labute approximate surface area is 157 Å². The van der Waals surface area contributed by atoms with Gasteiger partial charge in [-0.15, -0.1) is 0 Å². The minimum Gasteiger partial charge on any atom is -0.493 e. The maximum atomic E-state index is 12.8. The Kier molecular flexibility index (Phi) is 4.43. The Morgan fingerprint density at radius 3 is 2.70 bits per heavy atom. The molecule has 7 heteroatoms. The van der Waals surface area contributed by atoms with Gasteiger partial charge in [-0.1, -0.05) is 0 Å². The van der Waals surface area contributed by atoms with E-state index < -0.39 is 0 Å². The van der Waals surface area contributed by atoms with E-state index >= 15 is 0 Å². The van der Waals surface area contributed by atoms with Gasteiger partial charge >= 0.3 is 0 Å². The highest BCUT2D eigenvalue weighted by molar-refractivity contribution is 5.97. The van der Waals surface area contributed by atoms with E-state index in [4.69, 9.17) is 9.47 Å². The molecule has 2 amide bonds. The Bertz CT molecular complexity index is 884. The summed E-state index contributed by atoms with van der Waals surface area (Å²) in [6, 6.07) is 7.15. The SMILES string of the molecule is COc1cc2c(cc1OC)[C@@H]1CN(C(=O)c3cccnc3)CC(=O)N1CC2. The molecule has 0 bridgehead atoms.